The Hall–Kier alpha value is -1.06. The molecule has 0 saturated carbocycles. The van der Waals surface area contributed by atoms with Gasteiger partial charge in [0.05, 0.1) is 19.3 Å². The molecular formula is C21H37IN4O2. The van der Waals surface area contributed by atoms with Crippen LogP contribution in [-0.2, 0) is 11.3 Å². The minimum absolute atomic E-state index is 0. The molecule has 1 saturated heterocycles. The smallest absolute Gasteiger partial charge is 0.191 e. The van der Waals surface area contributed by atoms with Crippen molar-refractivity contribution in [2.45, 2.75) is 46.4 Å². The van der Waals surface area contributed by atoms with E-state index >= 15 is 0 Å². The lowest BCUT2D eigenvalue weighted by Crippen LogP contribution is -2.52. The third kappa shape index (κ3) is 8.53. The Morgan fingerprint density at radius 3 is 2.50 bits per heavy atom. The number of aliphatic imine (C=N–C) groups is 1. The molecular weight excluding hydrogens is 467 g/mol. The van der Waals surface area contributed by atoms with E-state index in [4.69, 9.17) is 9.47 Å². The standard InChI is InChI=1S/C21H36N4O2.HI/c1-16(2)20(25-9-11-26-12-10-25)15-24-21(22-5)23-14-18-7-6-8-19(13-18)27-17(3)4;/h6-8,13,16-17,20H,9-12,14-15H2,1-5H3,(H2,22,23,24);1H. The Morgan fingerprint density at radius 2 is 1.89 bits per heavy atom. The number of nitrogens with one attached hydrogen (secondary N) is 2. The Kier molecular flexibility index (Phi) is 11.8. The molecule has 1 atom stereocenters. The number of rotatable bonds is 8. The van der Waals surface area contributed by atoms with E-state index in [0.29, 0.717) is 18.5 Å². The SMILES string of the molecule is CN=C(NCc1cccc(OC(C)C)c1)NCC(C(C)C)N1CCOCC1.I. The van der Waals surface area contributed by atoms with Crippen molar-refractivity contribution in [3.8, 4) is 5.75 Å². The van der Waals surface area contributed by atoms with Crippen LogP contribution < -0.4 is 15.4 Å². The van der Waals surface area contributed by atoms with Crippen LogP contribution in [0.5, 0.6) is 5.75 Å². The topological polar surface area (TPSA) is 58.1 Å². The highest BCUT2D eigenvalue weighted by atomic mass is 127. The van der Waals surface area contributed by atoms with Gasteiger partial charge in [0.2, 0.25) is 0 Å². The molecule has 1 unspecified atom stereocenters. The van der Waals surface area contributed by atoms with Gasteiger partial charge in [-0.2, -0.15) is 0 Å². The summed E-state index contributed by atoms with van der Waals surface area (Å²) in [6.45, 7) is 13.9. The number of ether oxygens (including phenoxy) is 2. The summed E-state index contributed by atoms with van der Waals surface area (Å²) in [7, 11) is 1.81. The molecule has 0 radical (unpaired) electrons. The molecule has 28 heavy (non-hydrogen) atoms. The molecule has 0 spiro atoms. The first-order valence-corrected chi connectivity index (χ1v) is 10.0. The number of guanidine groups is 1. The van der Waals surface area contributed by atoms with Crippen LogP contribution in [0, 0.1) is 5.92 Å². The maximum atomic E-state index is 5.77. The van der Waals surface area contributed by atoms with Gasteiger partial charge in [0.15, 0.2) is 5.96 Å². The van der Waals surface area contributed by atoms with Crippen LogP contribution in [0.25, 0.3) is 0 Å². The summed E-state index contributed by atoms with van der Waals surface area (Å²) in [5.41, 5.74) is 1.17. The van der Waals surface area contributed by atoms with Crippen molar-refractivity contribution >= 4 is 29.9 Å². The zero-order valence-corrected chi connectivity index (χ0v) is 20.2. The summed E-state index contributed by atoms with van der Waals surface area (Å²) in [6.07, 6.45) is 0.177. The fourth-order valence-electron chi connectivity index (χ4n) is 3.30. The first-order chi connectivity index (χ1) is 13.0. The fraction of sp³-hybridized carbons (Fsp3) is 0.667. The second kappa shape index (κ2) is 13.2. The third-order valence-electron chi connectivity index (χ3n) is 4.72. The van der Waals surface area contributed by atoms with Crippen molar-refractivity contribution in [1.29, 1.82) is 0 Å². The van der Waals surface area contributed by atoms with Crippen LogP contribution in [-0.4, -0.2) is 62.9 Å². The lowest BCUT2D eigenvalue weighted by atomic mass is 10.0. The molecule has 0 aliphatic carbocycles. The summed E-state index contributed by atoms with van der Waals surface area (Å²) >= 11 is 0. The second-order valence-electron chi connectivity index (χ2n) is 7.58. The van der Waals surface area contributed by atoms with Crippen molar-refractivity contribution in [2.75, 3.05) is 39.9 Å². The van der Waals surface area contributed by atoms with Gasteiger partial charge >= 0.3 is 0 Å². The van der Waals surface area contributed by atoms with Crippen LogP contribution in [0.1, 0.15) is 33.3 Å². The van der Waals surface area contributed by atoms with Gasteiger partial charge in [-0.3, -0.25) is 9.89 Å². The lowest BCUT2D eigenvalue weighted by Gasteiger charge is -2.37. The van der Waals surface area contributed by atoms with E-state index in [1.165, 1.54) is 5.56 Å². The Balaban J connectivity index is 0.00000392. The van der Waals surface area contributed by atoms with E-state index in [1.807, 2.05) is 33.0 Å². The van der Waals surface area contributed by atoms with Crippen LogP contribution in [0.2, 0.25) is 0 Å². The van der Waals surface area contributed by atoms with Crippen LogP contribution in [0.4, 0.5) is 0 Å². The van der Waals surface area contributed by atoms with Crippen LogP contribution in [0.3, 0.4) is 0 Å². The molecule has 1 heterocycles. The Labute approximate surface area is 187 Å². The lowest BCUT2D eigenvalue weighted by molar-refractivity contribution is 0.00752. The summed E-state index contributed by atoms with van der Waals surface area (Å²) < 4.78 is 11.3. The van der Waals surface area contributed by atoms with Crippen LogP contribution in [0.15, 0.2) is 29.3 Å². The summed E-state index contributed by atoms with van der Waals surface area (Å²) in [5, 5.41) is 6.89. The van der Waals surface area contributed by atoms with Crippen LogP contribution >= 0.6 is 24.0 Å². The highest BCUT2D eigenvalue weighted by molar-refractivity contribution is 14.0. The molecule has 160 valence electrons. The van der Waals surface area contributed by atoms with E-state index in [1.54, 1.807) is 0 Å². The molecule has 0 aromatic heterocycles. The van der Waals surface area contributed by atoms with Gasteiger partial charge in [0.1, 0.15) is 5.75 Å². The quantitative estimate of drug-likeness (QED) is 0.324. The Morgan fingerprint density at radius 1 is 1.18 bits per heavy atom. The summed E-state index contributed by atoms with van der Waals surface area (Å²) in [4.78, 5) is 6.89. The molecule has 7 heteroatoms. The second-order valence-corrected chi connectivity index (χ2v) is 7.58. The zero-order valence-electron chi connectivity index (χ0n) is 17.9. The van der Waals surface area contributed by atoms with Gasteiger partial charge in [0, 0.05) is 39.3 Å². The number of halogens is 1. The Bertz CT molecular complexity index is 590. The molecule has 0 bridgehead atoms. The first-order valence-electron chi connectivity index (χ1n) is 10.0. The predicted molar refractivity (Wildman–Crippen MR) is 127 cm³/mol. The maximum absolute atomic E-state index is 5.77. The largest absolute Gasteiger partial charge is 0.491 e. The van der Waals surface area contributed by atoms with Crippen molar-refractivity contribution in [1.82, 2.24) is 15.5 Å². The minimum atomic E-state index is 0. The normalized spacial score (nSPS) is 16.6. The number of hydrogen-bond donors (Lipinski definition) is 2. The van der Waals surface area contributed by atoms with Gasteiger partial charge in [0.25, 0.3) is 0 Å². The van der Waals surface area contributed by atoms with Gasteiger partial charge < -0.3 is 20.1 Å². The van der Waals surface area contributed by atoms with Gasteiger partial charge in [-0.15, -0.1) is 24.0 Å². The molecule has 1 aliphatic heterocycles. The zero-order chi connectivity index (χ0) is 19.6. The number of morpholine rings is 1. The molecule has 1 aromatic carbocycles. The van der Waals surface area contributed by atoms with E-state index in [0.717, 1.165) is 44.6 Å². The molecule has 2 rings (SSSR count). The number of benzene rings is 1. The fourth-order valence-corrected chi connectivity index (χ4v) is 3.30. The van der Waals surface area contributed by atoms with E-state index in [9.17, 15) is 0 Å². The molecule has 6 nitrogen and oxygen atoms in total. The average molecular weight is 504 g/mol. The summed E-state index contributed by atoms with van der Waals surface area (Å²) in [6, 6.07) is 8.66. The monoisotopic (exact) mass is 504 g/mol. The molecule has 2 N–H and O–H groups in total. The number of hydrogen-bond acceptors (Lipinski definition) is 4. The maximum Gasteiger partial charge on any atom is 0.191 e. The average Bonchev–Trinajstić information content (AvgIpc) is 2.65. The van der Waals surface area contributed by atoms with Crippen molar-refractivity contribution in [3.63, 3.8) is 0 Å². The molecule has 1 aromatic rings. The highest BCUT2D eigenvalue weighted by Crippen LogP contribution is 2.15. The molecule has 1 aliphatic rings. The first kappa shape index (κ1) is 25.0. The number of nitrogens with zero attached hydrogens (tertiary/aromatic N) is 2. The van der Waals surface area contributed by atoms with Crippen molar-refractivity contribution in [3.05, 3.63) is 29.8 Å². The van der Waals surface area contributed by atoms with E-state index in [-0.39, 0.29) is 30.1 Å². The minimum Gasteiger partial charge on any atom is -0.491 e. The van der Waals surface area contributed by atoms with E-state index < -0.39 is 0 Å². The van der Waals surface area contributed by atoms with Gasteiger partial charge in [-0.25, -0.2) is 0 Å². The highest BCUT2D eigenvalue weighted by Gasteiger charge is 2.23. The third-order valence-corrected chi connectivity index (χ3v) is 4.72. The van der Waals surface area contributed by atoms with E-state index in [2.05, 4.69) is 46.5 Å². The van der Waals surface area contributed by atoms with Crippen molar-refractivity contribution in [2.24, 2.45) is 10.9 Å². The van der Waals surface area contributed by atoms with Gasteiger partial charge in [-0.1, -0.05) is 26.0 Å². The molecule has 0 amide bonds. The van der Waals surface area contributed by atoms with Gasteiger partial charge in [-0.05, 0) is 37.5 Å². The van der Waals surface area contributed by atoms with Crippen molar-refractivity contribution < 1.29 is 9.47 Å². The molecule has 1 fully saturated rings. The summed E-state index contributed by atoms with van der Waals surface area (Å²) in [5.74, 6) is 2.29. The predicted octanol–water partition coefficient (Wildman–Crippen LogP) is 3.11.